The second-order valence-electron chi connectivity index (χ2n) is 7.44. The minimum Gasteiger partial charge on any atom is -0.489 e. The van der Waals surface area contributed by atoms with Crippen molar-refractivity contribution in [3.05, 3.63) is 24.5 Å². The predicted octanol–water partition coefficient (Wildman–Crippen LogP) is 3.70. The van der Waals surface area contributed by atoms with E-state index >= 15 is 0 Å². The van der Waals surface area contributed by atoms with Crippen molar-refractivity contribution >= 4 is 11.0 Å². The molecule has 3 heterocycles. The summed E-state index contributed by atoms with van der Waals surface area (Å²) in [5.41, 5.74) is 1.10. The minimum absolute atomic E-state index is 0.331. The van der Waals surface area contributed by atoms with Gasteiger partial charge in [-0.15, -0.1) is 0 Å². The van der Waals surface area contributed by atoms with Crippen LogP contribution in [0.25, 0.3) is 11.0 Å². The summed E-state index contributed by atoms with van der Waals surface area (Å²) in [6.07, 6.45) is 9.36. The molecule has 2 fully saturated rings. The first kappa shape index (κ1) is 15.0. The Bertz CT molecular complexity index is 666. The lowest BCUT2D eigenvalue weighted by Crippen LogP contribution is -2.41. The van der Waals surface area contributed by atoms with E-state index in [1.165, 1.54) is 18.2 Å². The van der Waals surface area contributed by atoms with Crippen molar-refractivity contribution in [3.63, 3.8) is 0 Å². The quantitative estimate of drug-likeness (QED) is 0.843. The number of likely N-dealkylation sites (tertiary alicyclic amines) is 1. The van der Waals surface area contributed by atoms with Crippen LogP contribution in [0.4, 0.5) is 0 Å². The zero-order valence-corrected chi connectivity index (χ0v) is 14.2. The van der Waals surface area contributed by atoms with Gasteiger partial charge in [0.2, 0.25) is 0 Å². The highest BCUT2D eigenvalue weighted by Gasteiger charge is 2.23. The molecule has 1 aliphatic carbocycles. The molecule has 0 unspecified atom stereocenters. The first-order valence-electron chi connectivity index (χ1n) is 9.04. The van der Waals surface area contributed by atoms with Crippen molar-refractivity contribution in [2.45, 2.75) is 58.2 Å². The van der Waals surface area contributed by atoms with Crippen LogP contribution in [0.2, 0.25) is 0 Å². The van der Waals surface area contributed by atoms with Crippen molar-refractivity contribution in [3.8, 4) is 5.75 Å². The number of rotatable bonds is 5. The Balaban J connectivity index is 1.41. The Morgan fingerprint density at radius 1 is 1.22 bits per heavy atom. The van der Waals surface area contributed by atoms with E-state index in [4.69, 9.17) is 4.74 Å². The lowest BCUT2D eigenvalue weighted by Gasteiger charge is -2.34. The smallest absolute Gasteiger partial charge is 0.140 e. The summed E-state index contributed by atoms with van der Waals surface area (Å²) >= 11 is 0. The average Bonchev–Trinajstić information content (AvgIpc) is 3.28. The lowest BCUT2D eigenvalue weighted by atomic mass is 10.1. The summed E-state index contributed by atoms with van der Waals surface area (Å²) in [5, 5.41) is 1.20. The molecule has 2 aromatic heterocycles. The molecule has 0 amide bonds. The molecule has 1 aliphatic heterocycles. The van der Waals surface area contributed by atoms with Crippen molar-refractivity contribution < 1.29 is 4.74 Å². The number of piperidine rings is 1. The number of hydrogen-bond acceptors (Lipinski definition) is 3. The summed E-state index contributed by atoms with van der Waals surface area (Å²) in [7, 11) is 0. The molecule has 0 spiro atoms. The number of ether oxygens (including phenoxy) is 1. The lowest BCUT2D eigenvalue weighted by molar-refractivity contribution is 0.0842. The number of nitrogens with zero attached hydrogens (tertiary/aromatic N) is 3. The third kappa shape index (κ3) is 3.37. The highest BCUT2D eigenvalue weighted by atomic mass is 16.5. The molecule has 23 heavy (non-hydrogen) atoms. The van der Waals surface area contributed by atoms with Crippen LogP contribution in [0, 0.1) is 5.92 Å². The molecular formula is C19H27N3O. The second-order valence-corrected chi connectivity index (χ2v) is 7.44. The maximum atomic E-state index is 6.20. The molecule has 0 atom stereocenters. The Hall–Kier alpha value is -1.55. The fourth-order valence-corrected chi connectivity index (χ4v) is 3.55. The summed E-state index contributed by atoms with van der Waals surface area (Å²) in [4.78, 5) is 7.19. The van der Waals surface area contributed by atoms with Crippen LogP contribution < -0.4 is 4.74 Å². The van der Waals surface area contributed by atoms with Crippen molar-refractivity contribution in [2.24, 2.45) is 5.92 Å². The van der Waals surface area contributed by atoms with Crippen LogP contribution in [0.15, 0.2) is 24.5 Å². The predicted molar refractivity (Wildman–Crippen MR) is 92.8 cm³/mol. The fourth-order valence-electron chi connectivity index (χ4n) is 3.55. The normalized spacial score (nSPS) is 20.5. The Morgan fingerprint density at radius 3 is 2.70 bits per heavy atom. The number of aromatic nitrogens is 2. The van der Waals surface area contributed by atoms with E-state index < -0.39 is 0 Å². The minimum atomic E-state index is 0.331. The summed E-state index contributed by atoms with van der Waals surface area (Å²) in [6.45, 7) is 7.92. The van der Waals surface area contributed by atoms with Gasteiger partial charge in [0.1, 0.15) is 17.5 Å². The van der Waals surface area contributed by atoms with Gasteiger partial charge < -0.3 is 14.2 Å². The molecule has 0 bridgehead atoms. The van der Waals surface area contributed by atoms with E-state index in [0.29, 0.717) is 12.1 Å². The zero-order chi connectivity index (χ0) is 15.8. The van der Waals surface area contributed by atoms with Crippen molar-refractivity contribution in [2.75, 3.05) is 13.1 Å². The van der Waals surface area contributed by atoms with Crippen LogP contribution in [-0.4, -0.2) is 39.7 Å². The molecule has 2 aromatic rings. The van der Waals surface area contributed by atoms with Gasteiger partial charge in [0.25, 0.3) is 0 Å². The van der Waals surface area contributed by atoms with Gasteiger partial charge in [-0.2, -0.15) is 0 Å². The van der Waals surface area contributed by atoms with Gasteiger partial charge >= 0.3 is 0 Å². The van der Waals surface area contributed by atoms with Crippen molar-refractivity contribution in [1.82, 2.24) is 14.5 Å². The van der Waals surface area contributed by atoms with E-state index in [2.05, 4.69) is 46.6 Å². The van der Waals surface area contributed by atoms with Gasteiger partial charge in [-0.3, -0.25) is 0 Å². The highest BCUT2D eigenvalue weighted by molar-refractivity contribution is 5.77. The number of hydrogen-bond donors (Lipinski definition) is 0. The summed E-state index contributed by atoms with van der Waals surface area (Å²) in [6, 6.07) is 4.96. The average molecular weight is 313 g/mol. The maximum absolute atomic E-state index is 6.20. The van der Waals surface area contributed by atoms with Gasteiger partial charge in [-0.1, -0.05) is 0 Å². The Morgan fingerprint density at radius 2 is 2.00 bits per heavy atom. The molecule has 124 valence electrons. The second kappa shape index (κ2) is 6.16. The van der Waals surface area contributed by atoms with Crippen LogP contribution >= 0.6 is 0 Å². The summed E-state index contributed by atoms with van der Waals surface area (Å²) in [5.74, 6) is 1.79. The Kier molecular flexibility index (Phi) is 4.02. The molecule has 1 saturated carbocycles. The van der Waals surface area contributed by atoms with Crippen LogP contribution in [0.1, 0.15) is 39.5 Å². The molecular weight excluding hydrogens is 286 g/mol. The highest BCUT2D eigenvalue weighted by Crippen LogP contribution is 2.32. The topological polar surface area (TPSA) is 30.3 Å². The molecule has 1 saturated heterocycles. The van der Waals surface area contributed by atoms with E-state index in [-0.39, 0.29) is 0 Å². The molecule has 0 aromatic carbocycles. The van der Waals surface area contributed by atoms with Gasteiger partial charge in [-0.05, 0) is 57.6 Å². The third-order valence-electron chi connectivity index (χ3n) is 5.24. The largest absolute Gasteiger partial charge is 0.489 e. The zero-order valence-electron chi connectivity index (χ0n) is 14.2. The third-order valence-corrected chi connectivity index (χ3v) is 5.24. The van der Waals surface area contributed by atoms with E-state index in [1.54, 1.807) is 0 Å². The van der Waals surface area contributed by atoms with Crippen LogP contribution in [-0.2, 0) is 6.54 Å². The molecule has 0 radical (unpaired) electrons. The first-order valence-corrected chi connectivity index (χ1v) is 9.04. The first-order chi connectivity index (χ1) is 11.2. The molecule has 4 nitrogen and oxygen atoms in total. The standard InChI is InChI=1S/C19H27N3O/c1-14(2)21-9-6-17(7-10-21)23-18-11-16-5-8-22(13-15-3-4-15)19(16)20-12-18/h5,8,11-12,14-15,17H,3-4,6-7,9-10,13H2,1-2H3. The van der Waals surface area contributed by atoms with Gasteiger partial charge in [0.05, 0.1) is 6.20 Å². The van der Waals surface area contributed by atoms with Crippen molar-refractivity contribution in [1.29, 1.82) is 0 Å². The molecule has 0 N–H and O–H groups in total. The monoisotopic (exact) mass is 313 g/mol. The van der Waals surface area contributed by atoms with Crippen LogP contribution in [0.3, 0.4) is 0 Å². The van der Waals surface area contributed by atoms with Gasteiger partial charge in [0, 0.05) is 37.3 Å². The number of pyridine rings is 1. The Labute approximate surface area is 138 Å². The summed E-state index contributed by atoms with van der Waals surface area (Å²) < 4.78 is 8.49. The maximum Gasteiger partial charge on any atom is 0.140 e. The molecule has 4 heteroatoms. The fraction of sp³-hybridized carbons (Fsp3) is 0.632. The van der Waals surface area contributed by atoms with E-state index in [1.807, 2.05) is 6.20 Å². The van der Waals surface area contributed by atoms with Crippen LogP contribution in [0.5, 0.6) is 5.75 Å². The van der Waals surface area contributed by atoms with Gasteiger partial charge in [0.15, 0.2) is 0 Å². The SMILES string of the molecule is CC(C)N1CCC(Oc2cnc3c(ccn3CC3CC3)c2)CC1. The molecule has 2 aliphatic rings. The van der Waals surface area contributed by atoms with Gasteiger partial charge in [-0.25, -0.2) is 4.98 Å². The number of fused-ring (bicyclic) bond motifs is 1. The van der Waals surface area contributed by atoms with E-state index in [0.717, 1.165) is 49.8 Å². The van der Waals surface area contributed by atoms with E-state index in [9.17, 15) is 0 Å². The molecule has 4 rings (SSSR count).